The van der Waals surface area contributed by atoms with E-state index in [0.717, 1.165) is 15.7 Å². The molecule has 0 aliphatic rings. The first kappa shape index (κ1) is 12.1. The largest absolute Gasteiger partial charge is 0.387 e. The molecule has 0 aromatic carbocycles. The molecule has 96 valence electrons. The summed E-state index contributed by atoms with van der Waals surface area (Å²) in [5, 5.41) is 18.4. The molecule has 6 heteroatoms. The summed E-state index contributed by atoms with van der Waals surface area (Å²) in [6.45, 7) is 1.70. The molecular formula is C13H12N4OS. The van der Waals surface area contributed by atoms with Crippen molar-refractivity contribution in [3.05, 3.63) is 48.4 Å². The highest BCUT2D eigenvalue weighted by Crippen LogP contribution is 2.26. The van der Waals surface area contributed by atoms with E-state index in [2.05, 4.69) is 15.2 Å². The third-order valence-corrected chi connectivity index (χ3v) is 3.62. The van der Waals surface area contributed by atoms with Crippen LogP contribution in [0.25, 0.3) is 5.65 Å². The molecule has 1 atom stereocenters. The summed E-state index contributed by atoms with van der Waals surface area (Å²) < 4.78 is 1.92. The number of aliphatic hydroxyl groups is 1. The van der Waals surface area contributed by atoms with Crippen molar-refractivity contribution >= 4 is 17.4 Å². The highest BCUT2D eigenvalue weighted by atomic mass is 32.2. The lowest BCUT2D eigenvalue weighted by Crippen LogP contribution is -1.94. The Morgan fingerprint density at radius 3 is 2.84 bits per heavy atom. The molecule has 0 saturated heterocycles. The number of aliphatic hydroxyl groups excluding tert-OH is 1. The van der Waals surface area contributed by atoms with Gasteiger partial charge >= 0.3 is 0 Å². The Morgan fingerprint density at radius 2 is 2.11 bits per heavy atom. The number of hydrogen-bond donors (Lipinski definition) is 1. The third kappa shape index (κ3) is 2.45. The lowest BCUT2D eigenvalue weighted by molar-refractivity contribution is 0.194. The second kappa shape index (κ2) is 4.99. The lowest BCUT2D eigenvalue weighted by Gasteiger charge is -2.04. The van der Waals surface area contributed by atoms with Crippen molar-refractivity contribution in [1.29, 1.82) is 0 Å². The minimum Gasteiger partial charge on any atom is -0.387 e. The van der Waals surface area contributed by atoms with Gasteiger partial charge in [0.2, 0.25) is 0 Å². The van der Waals surface area contributed by atoms with Gasteiger partial charge in [-0.15, -0.1) is 10.2 Å². The molecule has 0 aliphatic carbocycles. The van der Waals surface area contributed by atoms with Gasteiger partial charge in [-0.3, -0.25) is 9.38 Å². The second-order valence-corrected chi connectivity index (χ2v) is 5.15. The zero-order valence-electron chi connectivity index (χ0n) is 10.3. The highest BCUT2D eigenvalue weighted by Gasteiger charge is 2.08. The molecule has 0 amide bonds. The van der Waals surface area contributed by atoms with Gasteiger partial charge in [0.15, 0.2) is 10.8 Å². The van der Waals surface area contributed by atoms with Crippen LogP contribution in [-0.4, -0.2) is 24.7 Å². The molecule has 0 spiro atoms. The monoisotopic (exact) mass is 272 g/mol. The van der Waals surface area contributed by atoms with Crippen molar-refractivity contribution in [2.24, 2.45) is 0 Å². The molecule has 3 rings (SSSR count). The van der Waals surface area contributed by atoms with Crippen LogP contribution in [0.1, 0.15) is 18.7 Å². The molecule has 1 N–H and O–H groups in total. The maximum Gasteiger partial charge on any atom is 0.200 e. The quantitative estimate of drug-likeness (QED) is 0.792. The summed E-state index contributed by atoms with van der Waals surface area (Å²) in [6, 6.07) is 9.51. The Morgan fingerprint density at radius 1 is 1.21 bits per heavy atom. The van der Waals surface area contributed by atoms with Crippen LogP contribution in [0.4, 0.5) is 0 Å². The molecule has 3 aromatic heterocycles. The van der Waals surface area contributed by atoms with Crippen LogP contribution in [0.5, 0.6) is 0 Å². The summed E-state index contributed by atoms with van der Waals surface area (Å²) in [5.74, 6) is 0. The third-order valence-electron chi connectivity index (χ3n) is 2.68. The molecule has 0 unspecified atom stereocenters. The van der Waals surface area contributed by atoms with Gasteiger partial charge < -0.3 is 5.11 Å². The zero-order valence-corrected chi connectivity index (χ0v) is 11.1. The van der Waals surface area contributed by atoms with Crippen LogP contribution in [0.3, 0.4) is 0 Å². The molecule has 5 nitrogen and oxygen atoms in total. The molecule has 19 heavy (non-hydrogen) atoms. The van der Waals surface area contributed by atoms with E-state index in [1.165, 1.54) is 11.8 Å². The number of fused-ring (bicyclic) bond motifs is 1. The standard InChI is InChI=1S/C13H12N4OS/c1-9(18)11-6-5-10(8-14-11)19-13-16-15-12-4-2-3-7-17(12)13/h2-9,18H,1H3/t9-/m0/s1. The Kier molecular flexibility index (Phi) is 3.18. The van der Waals surface area contributed by atoms with Crippen molar-refractivity contribution in [1.82, 2.24) is 19.6 Å². The van der Waals surface area contributed by atoms with Crippen molar-refractivity contribution in [2.45, 2.75) is 23.1 Å². The van der Waals surface area contributed by atoms with Gasteiger partial charge in [0.05, 0.1) is 11.8 Å². The van der Waals surface area contributed by atoms with Crippen molar-refractivity contribution < 1.29 is 5.11 Å². The fourth-order valence-corrected chi connectivity index (χ4v) is 2.48. The van der Waals surface area contributed by atoms with Gasteiger partial charge in [-0.2, -0.15) is 0 Å². The molecular weight excluding hydrogens is 260 g/mol. The first-order valence-electron chi connectivity index (χ1n) is 5.85. The fourth-order valence-electron chi connectivity index (χ4n) is 1.69. The summed E-state index contributed by atoms with van der Waals surface area (Å²) in [7, 11) is 0. The predicted molar refractivity (Wildman–Crippen MR) is 72.0 cm³/mol. The summed E-state index contributed by atoms with van der Waals surface area (Å²) in [4.78, 5) is 5.17. The first-order valence-corrected chi connectivity index (χ1v) is 6.67. The summed E-state index contributed by atoms with van der Waals surface area (Å²) in [6.07, 6.45) is 3.11. The Balaban J connectivity index is 1.88. The Labute approximate surface area is 114 Å². The van der Waals surface area contributed by atoms with Crippen LogP contribution in [-0.2, 0) is 0 Å². The molecule has 0 fully saturated rings. The molecule has 0 saturated carbocycles. The maximum atomic E-state index is 9.42. The average Bonchev–Trinajstić information content (AvgIpc) is 2.83. The number of pyridine rings is 2. The van der Waals surface area contributed by atoms with E-state index in [4.69, 9.17) is 0 Å². The molecule has 0 aliphatic heterocycles. The van der Waals surface area contributed by atoms with E-state index < -0.39 is 6.10 Å². The van der Waals surface area contributed by atoms with Crippen molar-refractivity contribution in [3.8, 4) is 0 Å². The number of nitrogens with zero attached hydrogens (tertiary/aromatic N) is 4. The highest BCUT2D eigenvalue weighted by molar-refractivity contribution is 7.99. The van der Waals surface area contributed by atoms with E-state index in [-0.39, 0.29) is 0 Å². The van der Waals surface area contributed by atoms with Crippen LogP contribution < -0.4 is 0 Å². The minimum absolute atomic E-state index is 0.548. The van der Waals surface area contributed by atoms with E-state index in [0.29, 0.717) is 5.69 Å². The number of aromatic nitrogens is 4. The zero-order chi connectivity index (χ0) is 13.2. The SMILES string of the molecule is C[C@H](O)c1ccc(Sc2nnc3ccccn23)cn1. The normalized spacial score (nSPS) is 12.7. The number of rotatable bonds is 3. The van der Waals surface area contributed by atoms with E-state index >= 15 is 0 Å². The van der Waals surface area contributed by atoms with Gasteiger partial charge in [0.25, 0.3) is 0 Å². The van der Waals surface area contributed by atoms with Gasteiger partial charge in [-0.25, -0.2) is 0 Å². The van der Waals surface area contributed by atoms with E-state index in [9.17, 15) is 5.11 Å². The molecule has 3 heterocycles. The van der Waals surface area contributed by atoms with Crippen LogP contribution in [0.15, 0.2) is 52.8 Å². The number of hydrogen-bond acceptors (Lipinski definition) is 5. The Bertz CT molecular complexity index is 693. The van der Waals surface area contributed by atoms with E-state index in [1.807, 2.05) is 40.9 Å². The molecule has 0 bridgehead atoms. The fraction of sp³-hybridized carbons (Fsp3) is 0.154. The smallest absolute Gasteiger partial charge is 0.200 e. The molecule has 0 radical (unpaired) electrons. The first-order chi connectivity index (χ1) is 9.24. The van der Waals surface area contributed by atoms with Crippen LogP contribution in [0, 0.1) is 0 Å². The second-order valence-electron chi connectivity index (χ2n) is 4.11. The summed E-state index contributed by atoms with van der Waals surface area (Å²) in [5.41, 5.74) is 1.48. The van der Waals surface area contributed by atoms with Gasteiger partial charge in [-0.1, -0.05) is 6.07 Å². The minimum atomic E-state index is -0.548. The topological polar surface area (TPSA) is 63.3 Å². The van der Waals surface area contributed by atoms with Gasteiger partial charge in [0.1, 0.15) is 0 Å². The van der Waals surface area contributed by atoms with Gasteiger partial charge in [-0.05, 0) is 43.0 Å². The van der Waals surface area contributed by atoms with Crippen LogP contribution in [0.2, 0.25) is 0 Å². The van der Waals surface area contributed by atoms with E-state index in [1.54, 1.807) is 13.1 Å². The van der Waals surface area contributed by atoms with Crippen molar-refractivity contribution in [2.75, 3.05) is 0 Å². The summed E-state index contributed by atoms with van der Waals surface area (Å²) >= 11 is 1.49. The van der Waals surface area contributed by atoms with Gasteiger partial charge in [0, 0.05) is 17.3 Å². The Hall–Kier alpha value is -1.92. The maximum absolute atomic E-state index is 9.42. The average molecular weight is 272 g/mol. The predicted octanol–water partition coefficient (Wildman–Crippen LogP) is 2.33. The van der Waals surface area contributed by atoms with Crippen LogP contribution >= 0.6 is 11.8 Å². The van der Waals surface area contributed by atoms with Crippen molar-refractivity contribution in [3.63, 3.8) is 0 Å². The lowest BCUT2D eigenvalue weighted by atomic mass is 10.2. The molecule has 3 aromatic rings.